The van der Waals surface area contributed by atoms with E-state index in [0.717, 1.165) is 9.73 Å². The van der Waals surface area contributed by atoms with E-state index in [2.05, 4.69) is 26.2 Å². The van der Waals surface area contributed by atoms with Crippen molar-refractivity contribution < 1.29 is 0 Å². The molecule has 0 aromatic carbocycles. The second kappa shape index (κ2) is 3.11. The van der Waals surface area contributed by atoms with Crippen LogP contribution >= 0.6 is 27.3 Å². The molecule has 11 heavy (non-hydrogen) atoms. The summed E-state index contributed by atoms with van der Waals surface area (Å²) in [6, 6.07) is 0.688. The van der Waals surface area contributed by atoms with E-state index in [1.54, 1.807) is 11.3 Å². The van der Waals surface area contributed by atoms with Crippen LogP contribution < -0.4 is 5.32 Å². The highest BCUT2D eigenvalue weighted by Crippen LogP contribution is 2.26. The standard InChI is InChI=1S/C7H9BrN2S/c8-6-4-11-7(10-6)9-5-2-1-3-5/h4-5H,1-3H2,(H,9,10). The predicted octanol–water partition coefficient (Wildman–Crippen LogP) is 2.87. The van der Waals surface area contributed by atoms with Crippen molar-refractivity contribution in [2.24, 2.45) is 0 Å². The van der Waals surface area contributed by atoms with E-state index < -0.39 is 0 Å². The maximum atomic E-state index is 4.26. The lowest BCUT2D eigenvalue weighted by Gasteiger charge is -2.25. The van der Waals surface area contributed by atoms with Crippen LogP contribution in [0, 0.1) is 0 Å². The fourth-order valence-corrected chi connectivity index (χ4v) is 2.27. The molecule has 2 rings (SSSR count). The molecule has 0 saturated heterocycles. The van der Waals surface area contributed by atoms with E-state index >= 15 is 0 Å². The first-order chi connectivity index (χ1) is 5.34. The van der Waals surface area contributed by atoms with Crippen molar-refractivity contribution in [2.75, 3.05) is 5.32 Å². The highest BCUT2D eigenvalue weighted by molar-refractivity contribution is 9.10. The van der Waals surface area contributed by atoms with Crippen LogP contribution in [0.15, 0.2) is 9.98 Å². The third-order valence-corrected chi connectivity index (χ3v) is 3.39. The summed E-state index contributed by atoms with van der Waals surface area (Å²) in [4.78, 5) is 4.26. The Morgan fingerprint density at radius 3 is 2.91 bits per heavy atom. The topological polar surface area (TPSA) is 24.9 Å². The van der Waals surface area contributed by atoms with Crippen LogP contribution in [0.5, 0.6) is 0 Å². The van der Waals surface area contributed by atoms with Crippen LogP contribution in [0.4, 0.5) is 5.13 Å². The molecular weight excluding hydrogens is 224 g/mol. The van der Waals surface area contributed by atoms with Crippen LogP contribution in [0.25, 0.3) is 0 Å². The molecule has 0 radical (unpaired) electrons. The lowest BCUT2D eigenvalue weighted by Crippen LogP contribution is -2.26. The minimum Gasteiger partial charge on any atom is -0.359 e. The van der Waals surface area contributed by atoms with Gasteiger partial charge in [-0.15, -0.1) is 11.3 Å². The van der Waals surface area contributed by atoms with Gasteiger partial charge in [-0.2, -0.15) is 0 Å². The molecule has 1 heterocycles. The molecule has 1 aliphatic carbocycles. The number of aromatic nitrogens is 1. The molecule has 1 aromatic heterocycles. The summed E-state index contributed by atoms with van der Waals surface area (Å²) >= 11 is 4.98. The molecule has 1 aromatic rings. The Morgan fingerprint density at radius 2 is 2.45 bits per heavy atom. The van der Waals surface area contributed by atoms with Gasteiger partial charge >= 0.3 is 0 Å². The zero-order valence-electron chi connectivity index (χ0n) is 6.01. The molecule has 1 saturated carbocycles. The van der Waals surface area contributed by atoms with Crippen LogP contribution in [0.3, 0.4) is 0 Å². The maximum Gasteiger partial charge on any atom is 0.183 e. The number of hydrogen-bond acceptors (Lipinski definition) is 3. The zero-order valence-corrected chi connectivity index (χ0v) is 8.41. The van der Waals surface area contributed by atoms with E-state index in [9.17, 15) is 0 Å². The molecule has 2 nitrogen and oxygen atoms in total. The maximum absolute atomic E-state index is 4.26. The van der Waals surface area contributed by atoms with Gasteiger partial charge in [-0.3, -0.25) is 0 Å². The smallest absolute Gasteiger partial charge is 0.183 e. The Labute approximate surface area is 78.2 Å². The number of nitrogens with zero attached hydrogens (tertiary/aromatic N) is 1. The Balaban J connectivity index is 1.95. The fourth-order valence-electron chi connectivity index (χ4n) is 1.05. The number of halogens is 1. The molecule has 0 spiro atoms. The minimum absolute atomic E-state index is 0.688. The quantitative estimate of drug-likeness (QED) is 0.849. The van der Waals surface area contributed by atoms with E-state index in [-0.39, 0.29) is 0 Å². The Bertz CT molecular complexity index is 244. The van der Waals surface area contributed by atoms with E-state index in [1.165, 1.54) is 19.3 Å². The lowest BCUT2D eigenvalue weighted by atomic mass is 9.93. The zero-order chi connectivity index (χ0) is 7.68. The van der Waals surface area contributed by atoms with Gasteiger partial charge in [0.1, 0.15) is 4.60 Å². The van der Waals surface area contributed by atoms with Gasteiger partial charge in [0.05, 0.1) is 0 Å². The third-order valence-electron chi connectivity index (χ3n) is 1.91. The molecule has 0 amide bonds. The van der Waals surface area contributed by atoms with Crippen LogP contribution in [0.1, 0.15) is 19.3 Å². The highest BCUT2D eigenvalue weighted by atomic mass is 79.9. The van der Waals surface area contributed by atoms with Gasteiger partial charge in [0.15, 0.2) is 5.13 Å². The summed E-state index contributed by atoms with van der Waals surface area (Å²) in [7, 11) is 0. The van der Waals surface area contributed by atoms with Crippen LogP contribution in [0.2, 0.25) is 0 Å². The molecule has 0 atom stereocenters. The van der Waals surface area contributed by atoms with Gasteiger partial charge < -0.3 is 5.32 Å². The number of hydrogen-bond donors (Lipinski definition) is 1. The van der Waals surface area contributed by atoms with Crippen LogP contribution in [-0.2, 0) is 0 Å². The van der Waals surface area contributed by atoms with Crippen molar-refractivity contribution in [2.45, 2.75) is 25.3 Å². The monoisotopic (exact) mass is 232 g/mol. The first kappa shape index (κ1) is 7.55. The average molecular weight is 233 g/mol. The van der Waals surface area contributed by atoms with E-state index in [1.807, 2.05) is 5.38 Å². The molecule has 0 unspecified atom stereocenters. The highest BCUT2D eigenvalue weighted by Gasteiger charge is 2.17. The summed E-state index contributed by atoms with van der Waals surface area (Å²) in [5.41, 5.74) is 0. The van der Waals surface area contributed by atoms with Crippen molar-refractivity contribution in [1.82, 2.24) is 4.98 Å². The van der Waals surface area contributed by atoms with Gasteiger partial charge in [-0.1, -0.05) is 0 Å². The minimum atomic E-state index is 0.688. The molecule has 0 bridgehead atoms. The van der Waals surface area contributed by atoms with Crippen molar-refractivity contribution in [1.29, 1.82) is 0 Å². The number of nitrogens with one attached hydrogen (secondary N) is 1. The van der Waals surface area contributed by atoms with Crippen molar-refractivity contribution in [3.05, 3.63) is 9.98 Å². The summed E-state index contributed by atoms with van der Waals surface area (Å²) in [5, 5.41) is 6.42. The van der Waals surface area contributed by atoms with Crippen LogP contribution in [-0.4, -0.2) is 11.0 Å². The second-order valence-electron chi connectivity index (χ2n) is 2.75. The summed E-state index contributed by atoms with van der Waals surface area (Å²) in [6.45, 7) is 0. The fraction of sp³-hybridized carbons (Fsp3) is 0.571. The normalized spacial score (nSPS) is 17.9. The number of thiazole rings is 1. The first-order valence-electron chi connectivity index (χ1n) is 3.72. The Morgan fingerprint density at radius 1 is 1.64 bits per heavy atom. The molecule has 1 aliphatic rings. The lowest BCUT2D eigenvalue weighted by molar-refractivity contribution is 0.445. The SMILES string of the molecule is Brc1csc(NC2CCC2)n1. The van der Waals surface area contributed by atoms with Gasteiger partial charge in [0, 0.05) is 11.4 Å². The van der Waals surface area contributed by atoms with Crippen molar-refractivity contribution in [3.8, 4) is 0 Å². The molecule has 0 aliphatic heterocycles. The molecule has 1 N–H and O–H groups in total. The van der Waals surface area contributed by atoms with E-state index in [4.69, 9.17) is 0 Å². The van der Waals surface area contributed by atoms with Gasteiger partial charge in [-0.25, -0.2) is 4.98 Å². The molecule has 4 heteroatoms. The average Bonchev–Trinajstić information content (AvgIpc) is 2.27. The van der Waals surface area contributed by atoms with Gasteiger partial charge in [-0.05, 0) is 35.2 Å². The Hall–Kier alpha value is -0.0900. The number of rotatable bonds is 2. The third kappa shape index (κ3) is 1.73. The first-order valence-corrected chi connectivity index (χ1v) is 5.39. The summed E-state index contributed by atoms with van der Waals surface area (Å²) in [5.74, 6) is 0. The molecular formula is C7H9BrN2S. The number of anilines is 1. The predicted molar refractivity (Wildman–Crippen MR) is 51.1 cm³/mol. The molecule has 60 valence electrons. The van der Waals surface area contributed by atoms with E-state index in [0.29, 0.717) is 6.04 Å². The van der Waals surface area contributed by atoms with Crippen molar-refractivity contribution in [3.63, 3.8) is 0 Å². The summed E-state index contributed by atoms with van der Waals surface area (Å²) in [6.07, 6.45) is 3.97. The second-order valence-corrected chi connectivity index (χ2v) is 4.42. The Kier molecular flexibility index (Phi) is 2.13. The van der Waals surface area contributed by atoms with Gasteiger partial charge in [0.25, 0.3) is 0 Å². The van der Waals surface area contributed by atoms with Gasteiger partial charge in [0.2, 0.25) is 0 Å². The largest absolute Gasteiger partial charge is 0.359 e. The summed E-state index contributed by atoms with van der Waals surface area (Å²) < 4.78 is 0.935. The molecule has 1 fully saturated rings. The van der Waals surface area contributed by atoms with Crippen molar-refractivity contribution >= 4 is 32.4 Å².